The van der Waals surface area contributed by atoms with Crippen LogP contribution >= 0.6 is 0 Å². The number of anilines is 2. The molecular weight excluding hydrogens is 254 g/mol. The minimum Gasteiger partial charge on any atom is -0.378 e. The van der Waals surface area contributed by atoms with Gasteiger partial charge in [0.25, 0.3) is 0 Å². The van der Waals surface area contributed by atoms with Gasteiger partial charge in [0.2, 0.25) is 5.91 Å². The normalized spacial score (nSPS) is 20.1. The number of carbonyl (C=O) groups is 1. The van der Waals surface area contributed by atoms with Crippen LogP contribution in [0.25, 0.3) is 0 Å². The molecule has 0 atom stereocenters. The Morgan fingerprint density at radius 2 is 2.00 bits per heavy atom. The lowest BCUT2D eigenvalue weighted by atomic mass is 10.1. The molecule has 2 heterocycles. The molecule has 3 rings (SSSR count). The summed E-state index contributed by atoms with van der Waals surface area (Å²) in [6.07, 6.45) is 6.19. The molecule has 1 saturated carbocycles. The third kappa shape index (κ3) is 3.10. The second kappa shape index (κ2) is 6.22. The van der Waals surface area contributed by atoms with E-state index in [1.54, 1.807) is 0 Å². The fourth-order valence-corrected chi connectivity index (χ4v) is 2.88. The van der Waals surface area contributed by atoms with Gasteiger partial charge in [0, 0.05) is 19.0 Å². The topological polar surface area (TPSA) is 54.5 Å². The van der Waals surface area contributed by atoms with Crippen molar-refractivity contribution in [3.63, 3.8) is 0 Å². The van der Waals surface area contributed by atoms with Gasteiger partial charge in [-0.3, -0.25) is 4.79 Å². The van der Waals surface area contributed by atoms with Gasteiger partial charge in [-0.2, -0.15) is 0 Å². The fraction of sp³-hybridized carbons (Fsp3) is 0.600. The molecule has 20 heavy (non-hydrogen) atoms. The molecule has 1 aromatic heterocycles. The second-order valence-corrected chi connectivity index (χ2v) is 5.47. The van der Waals surface area contributed by atoms with E-state index in [9.17, 15) is 4.79 Å². The highest BCUT2D eigenvalue weighted by Crippen LogP contribution is 2.26. The Morgan fingerprint density at radius 3 is 2.65 bits per heavy atom. The molecule has 2 fully saturated rings. The first-order valence-electron chi connectivity index (χ1n) is 7.42. The molecule has 0 aromatic carbocycles. The molecule has 1 aliphatic heterocycles. The van der Waals surface area contributed by atoms with Gasteiger partial charge >= 0.3 is 0 Å². The molecule has 1 aliphatic carbocycles. The van der Waals surface area contributed by atoms with Crippen LogP contribution in [-0.4, -0.2) is 37.2 Å². The summed E-state index contributed by atoms with van der Waals surface area (Å²) in [6.45, 7) is 3.32. The zero-order valence-corrected chi connectivity index (χ0v) is 11.7. The Bertz CT molecular complexity index is 449. The molecule has 1 aromatic rings. The highest BCUT2D eigenvalue weighted by Gasteiger charge is 2.22. The van der Waals surface area contributed by atoms with E-state index in [0.29, 0.717) is 5.82 Å². The van der Waals surface area contributed by atoms with E-state index in [0.717, 1.165) is 44.8 Å². The van der Waals surface area contributed by atoms with E-state index < -0.39 is 0 Å². The van der Waals surface area contributed by atoms with Crippen LogP contribution in [0.3, 0.4) is 0 Å². The number of hydrogen-bond donors (Lipinski definition) is 1. The van der Waals surface area contributed by atoms with Crippen molar-refractivity contribution in [2.45, 2.75) is 25.7 Å². The van der Waals surface area contributed by atoms with Gasteiger partial charge < -0.3 is 15.0 Å². The molecule has 1 N–H and O–H groups in total. The summed E-state index contributed by atoms with van der Waals surface area (Å²) in [7, 11) is 0. The number of rotatable bonds is 3. The summed E-state index contributed by atoms with van der Waals surface area (Å²) in [6, 6.07) is 3.90. The standard InChI is InChI=1S/C15H21N3O2/c19-15(12-3-1-2-4-12)17-14-6-5-13(11-16-14)18-7-9-20-10-8-18/h5-6,11-12H,1-4,7-10H2,(H,16,17,19). The maximum Gasteiger partial charge on any atom is 0.228 e. The number of hydrogen-bond acceptors (Lipinski definition) is 4. The Labute approximate surface area is 119 Å². The zero-order valence-electron chi connectivity index (χ0n) is 11.7. The van der Waals surface area contributed by atoms with Crippen LogP contribution in [0.4, 0.5) is 11.5 Å². The van der Waals surface area contributed by atoms with E-state index in [1.165, 1.54) is 12.8 Å². The van der Waals surface area contributed by atoms with Crippen molar-refractivity contribution in [1.29, 1.82) is 0 Å². The summed E-state index contributed by atoms with van der Waals surface area (Å²) in [5.74, 6) is 0.948. The van der Waals surface area contributed by atoms with Crippen molar-refractivity contribution in [3.05, 3.63) is 18.3 Å². The summed E-state index contributed by atoms with van der Waals surface area (Å²) < 4.78 is 5.34. The maximum atomic E-state index is 12.0. The first-order valence-corrected chi connectivity index (χ1v) is 7.42. The van der Waals surface area contributed by atoms with Crippen molar-refractivity contribution < 1.29 is 9.53 Å². The summed E-state index contributed by atoms with van der Waals surface area (Å²) in [5.41, 5.74) is 1.09. The Kier molecular flexibility index (Phi) is 4.16. The van der Waals surface area contributed by atoms with Crippen molar-refractivity contribution in [2.24, 2.45) is 5.92 Å². The number of amides is 1. The molecule has 0 bridgehead atoms. The van der Waals surface area contributed by atoms with Crippen molar-refractivity contribution in [2.75, 3.05) is 36.5 Å². The number of nitrogens with zero attached hydrogens (tertiary/aromatic N) is 2. The van der Waals surface area contributed by atoms with Crippen LogP contribution < -0.4 is 10.2 Å². The third-order valence-corrected chi connectivity index (χ3v) is 4.10. The summed E-state index contributed by atoms with van der Waals surface area (Å²) in [5, 5.41) is 2.92. The summed E-state index contributed by atoms with van der Waals surface area (Å²) in [4.78, 5) is 18.6. The van der Waals surface area contributed by atoms with E-state index >= 15 is 0 Å². The average molecular weight is 275 g/mol. The lowest BCUT2D eigenvalue weighted by Gasteiger charge is -2.28. The molecule has 108 valence electrons. The molecule has 0 unspecified atom stereocenters. The minimum atomic E-state index is 0.120. The van der Waals surface area contributed by atoms with E-state index in [1.807, 2.05) is 18.3 Å². The van der Waals surface area contributed by atoms with Gasteiger partial charge in [0.15, 0.2) is 0 Å². The largest absolute Gasteiger partial charge is 0.378 e. The van der Waals surface area contributed by atoms with Crippen LogP contribution in [0.1, 0.15) is 25.7 Å². The smallest absolute Gasteiger partial charge is 0.228 e. The molecule has 1 amide bonds. The molecule has 0 spiro atoms. The van der Waals surface area contributed by atoms with Gasteiger partial charge in [-0.25, -0.2) is 4.98 Å². The van der Waals surface area contributed by atoms with Gasteiger partial charge in [-0.1, -0.05) is 12.8 Å². The van der Waals surface area contributed by atoms with Gasteiger partial charge in [0.1, 0.15) is 5.82 Å². The second-order valence-electron chi connectivity index (χ2n) is 5.47. The highest BCUT2D eigenvalue weighted by atomic mass is 16.5. The monoisotopic (exact) mass is 275 g/mol. The highest BCUT2D eigenvalue weighted by molar-refractivity contribution is 5.91. The van der Waals surface area contributed by atoms with Gasteiger partial charge in [0.05, 0.1) is 25.1 Å². The van der Waals surface area contributed by atoms with Crippen LogP contribution in [0.2, 0.25) is 0 Å². The maximum absolute atomic E-state index is 12.0. The molecular formula is C15H21N3O2. The van der Waals surface area contributed by atoms with Crippen LogP contribution in [0.15, 0.2) is 18.3 Å². The Morgan fingerprint density at radius 1 is 1.25 bits per heavy atom. The summed E-state index contributed by atoms with van der Waals surface area (Å²) >= 11 is 0. The molecule has 0 radical (unpaired) electrons. The first kappa shape index (κ1) is 13.4. The Hall–Kier alpha value is -1.62. The van der Waals surface area contributed by atoms with E-state index in [-0.39, 0.29) is 11.8 Å². The molecule has 5 nitrogen and oxygen atoms in total. The molecule has 5 heteroatoms. The molecule has 2 aliphatic rings. The lowest BCUT2D eigenvalue weighted by molar-refractivity contribution is -0.119. The van der Waals surface area contributed by atoms with Gasteiger partial charge in [-0.05, 0) is 25.0 Å². The van der Waals surface area contributed by atoms with Crippen molar-refractivity contribution in [1.82, 2.24) is 4.98 Å². The predicted octanol–water partition coefficient (Wildman–Crippen LogP) is 2.05. The van der Waals surface area contributed by atoms with Crippen LogP contribution in [0, 0.1) is 5.92 Å². The minimum absolute atomic E-state index is 0.120. The van der Waals surface area contributed by atoms with E-state index in [2.05, 4.69) is 15.2 Å². The van der Waals surface area contributed by atoms with Crippen molar-refractivity contribution >= 4 is 17.4 Å². The fourth-order valence-electron chi connectivity index (χ4n) is 2.88. The quantitative estimate of drug-likeness (QED) is 0.917. The number of nitrogens with one attached hydrogen (secondary N) is 1. The van der Waals surface area contributed by atoms with Crippen LogP contribution in [0.5, 0.6) is 0 Å². The average Bonchev–Trinajstić information content (AvgIpc) is 3.03. The third-order valence-electron chi connectivity index (χ3n) is 4.10. The number of aromatic nitrogens is 1. The Balaban J connectivity index is 1.59. The zero-order chi connectivity index (χ0) is 13.8. The van der Waals surface area contributed by atoms with Crippen molar-refractivity contribution in [3.8, 4) is 0 Å². The molecule has 1 saturated heterocycles. The van der Waals surface area contributed by atoms with Crippen LogP contribution in [-0.2, 0) is 9.53 Å². The predicted molar refractivity (Wildman–Crippen MR) is 77.9 cm³/mol. The number of morpholine rings is 1. The SMILES string of the molecule is O=C(Nc1ccc(N2CCOCC2)cn1)C1CCCC1. The number of carbonyl (C=O) groups excluding carboxylic acids is 1. The van der Waals surface area contributed by atoms with Gasteiger partial charge in [-0.15, -0.1) is 0 Å². The number of pyridine rings is 1. The van der Waals surface area contributed by atoms with E-state index in [4.69, 9.17) is 4.74 Å². The lowest BCUT2D eigenvalue weighted by Crippen LogP contribution is -2.36. The first-order chi connectivity index (χ1) is 9.83. The number of ether oxygens (including phenoxy) is 1.